The van der Waals surface area contributed by atoms with E-state index in [1.807, 2.05) is 30.3 Å². The second kappa shape index (κ2) is 9.40. The minimum atomic E-state index is -3.93. The highest BCUT2D eigenvalue weighted by atomic mass is 32.2. The number of nitrogens with zero attached hydrogens (tertiary/aromatic N) is 3. The van der Waals surface area contributed by atoms with E-state index in [0.717, 1.165) is 11.1 Å². The summed E-state index contributed by atoms with van der Waals surface area (Å²) in [6.07, 6.45) is 0.750. The average Bonchev–Trinajstić information content (AvgIpc) is 3.25. The van der Waals surface area contributed by atoms with E-state index in [0.29, 0.717) is 31.6 Å². The number of piperidine rings is 1. The molecule has 2 aromatic rings. The molecule has 2 fully saturated rings. The van der Waals surface area contributed by atoms with Crippen molar-refractivity contribution in [2.45, 2.75) is 36.3 Å². The topological polar surface area (TPSA) is 99.5 Å². The Kier molecular flexibility index (Phi) is 6.59. The van der Waals surface area contributed by atoms with E-state index in [1.165, 1.54) is 11.4 Å². The van der Waals surface area contributed by atoms with Crippen molar-refractivity contribution in [1.82, 2.24) is 9.21 Å². The minimum Gasteiger partial charge on any atom is -0.399 e. The number of benzene rings is 2. The van der Waals surface area contributed by atoms with Crippen LogP contribution in [0.5, 0.6) is 0 Å². The molecular weight excluding hydrogens is 430 g/mol. The van der Waals surface area contributed by atoms with Crippen molar-refractivity contribution in [1.29, 1.82) is 0 Å². The number of aliphatic hydroxyl groups excluding tert-OH is 1. The summed E-state index contributed by atoms with van der Waals surface area (Å²) >= 11 is 0. The first-order valence-corrected chi connectivity index (χ1v) is 12.1. The quantitative estimate of drug-likeness (QED) is 0.694. The molecular formula is C23H27N3O5S. The molecule has 0 aromatic heterocycles. The Hall–Kier alpha value is -2.75. The Balaban J connectivity index is 1.60. The SMILES string of the molecule is CON=C1CC(C(=O)N2CCC(O)CC2)N(S(=O)(=O)c2ccc(-c3ccccc3)cc2)C1. The maximum Gasteiger partial charge on any atom is 0.244 e. The van der Waals surface area contributed by atoms with Crippen LogP contribution in [0.15, 0.2) is 64.6 Å². The summed E-state index contributed by atoms with van der Waals surface area (Å²) in [4.78, 5) is 19.8. The van der Waals surface area contributed by atoms with Gasteiger partial charge >= 0.3 is 0 Å². The van der Waals surface area contributed by atoms with E-state index < -0.39 is 22.2 Å². The van der Waals surface area contributed by atoms with Gasteiger partial charge in [-0.25, -0.2) is 8.42 Å². The summed E-state index contributed by atoms with van der Waals surface area (Å²) in [5.41, 5.74) is 2.41. The molecule has 1 atom stereocenters. The van der Waals surface area contributed by atoms with Gasteiger partial charge < -0.3 is 14.8 Å². The predicted octanol–water partition coefficient (Wildman–Crippen LogP) is 2.10. The van der Waals surface area contributed by atoms with Crippen LogP contribution in [0.2, 0.25) is 0 Å². The van der Waals surface area contributed by atoms with Gasteiger partial charge in [0.1, 0.15) is 13.2 Å². The molecule has 4 rings (SSSR count). The normalized spacial score (nSPS) is 21.8. The van der Waals surface area contributed by atoms with Gasteiger partial charge in [0.2, 0.25) is 15.9 Å². The molecule has 0 spiro atoms. The summed E-state index contributed by atoms with van der Waals surface area (Å²) < 4.78 is 28.2. The van der Waals surface area contributed by atoms with Crippen LogP contribution in [0.3, 0.4) is 0 Å². The number of carbonyl (C=O) groups excluding carboxylic acids is 1. The number of carbonyl (C=O) groups is 1. The van der Waals surface area contributed by atoms with Gasteiger partial charge in [-0.3, -0.25) is 4.79 Å². The molecule has 1 N–H and O–H groups in total. The van der Waals surface area contributed by atoms with Gasteiger partial charge in [0.25, 0.3) is 0 Å². The van der Waals surface area contributed by atoms with Crippen LogP contribution in [0.4, 0.5) is 0 Å². The van der Waals surface area contributed by atoms with Gasteiger partial charge in [-0.1, -0.05) is 47.6 Å². The van der Waals surface area contributed by atoms with Crippen molar-refractivity contribution in [2.75, 3.05) is 26.7 Å². The molecule has 2 saturated heterocycles. The van der Waals surface area contributed by atoms with Gasteiger partial charge in [-0.15, -0.1) is 0 Å². The molecule has 9 heteroatoms. The number of hydrogen-bond donors (Lipinski definition) is 1. The van der Waals surface area contributed by atoms with E-state index >= 15 is 0 Å². The molecule has 0 aliphatic carbocycles. The third kappa shape index (κ3) is 4.55. The maximum atomic E-state index is 13.5. The smallest absolute Gasteiger partial charge is 0.244 e. The second-order valence-electron chi connectivity index (χ2n) is 8.06. The predicted molar refractivity (Wildman–Crippen MR) is 120 cm³/mol. The van der Waals surface area contributed by atoms with Crippen molar-refractivity contribution in [3.8, 4) is 11.1 Å². The fraction of sp³-hybridized carbons (Fsp3) is 0.391. The van der Waals surface area contributed by atoms with E-state index in [9.17, 15) is 18.3 Å². The Bertz CT molecular complexity index is 1080. The van der Waals surface area contributed by atoms with Crippen molar-refractivity contribution in [2.24, 2.45) is 5.16 Å². The van der Waals surface area contributed by atoms with Crippen LogP contribution in [-0.4, -0.2) is 73.2 Å². The zero-order chi connectivity index (χ0) is 22.7. The Morgan fingerprint density at radius 3 is 2.28 bits per heavy atom. The number of likely N-dealkylation sites (tertiary alicyclic amines) is 1. The van der Waals surface area contributed by atoms with Crippen LogP contribution in [0.25, 0.3) is 11.1 Å². The Morgan fingerprint density at radius 2 is 1.66 bits per heavy atom. The highest BCUT2D eigenvalue weighted by Gasteiger charge is 2.44. The summed E-state index contributed by atoms with van der Waals surface area (Å²) in [5.74, 6) is -0.261. The van der Waals surface area contributed by atoms with E-state index in [4.69, 9.17) is 4.84 Å². The number of sulfonamides is 1. The molecule has 0 saturated carbocycles. The fourth-order valence-corrected chi connectivity index (χ4v) is 5.79. The van der Waals surface area contributed by atoms with E-state index in [-0.39, 0.29) is 23.8 Å². The number of rotatable bonds is 5. The summed E-state index contributed by atoms with van der Waals surface area (Å²) in [6, 6.07) is 15.5. The first kappa shape index (κ1) is 22.4. The van der Waals surface area contributed by atoms with Crippen LogP contribution in [0.1, 0.15) is 19.3 Å². The van der Waals surface area contributed by atoms with Crippen LogP contribution in [-0.2, 0) is 19.7 Å². The average molecular weight is 458 g/mol. The maximum absolute atomic E-state index is 13.5. The number of amides is 1. The molecule has 32 heavy (non-hydrogen) atoms. The number of aliphatic hydroxyl groups is 1. The second-order valence-corrected chi connectivity index (χ2v) is 9.95. The Labute approximate surface area is 188 Å². The van der Waals surface area contributed by atoms with E-state index in [2.05, 4.69) is 5.16 Å². The molecule has 1 unspecified atom stereocenters. The molecule has 2 aliphatic rings. The summed E-state index contributed by atoms with van der Waals surface area (Å²) in [7, 11) is -2.53. The lowest BCUT2D eigenvalue weighted by Crippen LogP contribution is -2.50. The monoisotopic (exact) mass is 457 g/mol. The first-order chi connectivity index (χ1) is 15.4. The van der Waals surface area contributed by atoms with Crippen molar-refractivity contribution in [3.63, 3.8) is 0 Å². The van der Waals surface area contributed by atoms with Crippen LogP contribution < -0.4 is 0 Å². The Morgan fingerprint density at radius 1 is 1.03 bits per heavy atom. The molecule has 2 heterocycles. The third-order valence-corrected chi connectivity index (χ3v) is 7.83. The standard InChI is InChI=1S/C23H27N3O5S/c1-31-24-19-15-22(23(28)25-13-11-20(27)12-14-25)26(16-19)32(29,30)21-9-7-18(8-10-21)17-5-3-2-4-6-17/h2-10,20,22,27H,11-16H2,1H3. The molecule has 170 valence electrons. The minimum absolute atomic E-state index is 0.00345. The van der Waals surface area contributed by atoms with Gasteiger partial charge in [-0.05, 0) is 36.1 Å². The molecule has 1 amide bonds. The lowest BCUT2D eigenvalue weighted by atomic mass is 10.1. The van der Waals surface area contributed by atoms with Crippen LogP contribution >= 0.6 is 0 Å². The number of hydrogen-bond acceptors (Lipinski definition) is 6. The first-order valence-electron chi connectivity index (χ1n) is 10.6. The fourth-order valence-electron chi connectivity index (χ4n) is 4.22. The molecule has 2 aliphatic heterocycles. The van der Waals surface area contributed by atoms with Crippen molar-refractivity contribution < 1.29 is 23.2 Å². The molecule has 2 aromatic carbocycles. The lowest BCUT2D eigenvalue weighted by molar-refractivity contribution is -0.136. The largest absolute Gasteiger partial charge is 0.399 e. The van der Waals surface area contributed by atoms with Crippen molar-refractivity contribution >= 4 is 21.6 Å². The lowest BCUT2D eigenvalue weighted by Gasteiger charge is -2.33. The number of oxime groups is 1. The van der Waals surface area contributed by atoms with Gasteiger partial charge in [-0.2, -0.15) is 4.31 Å². The zero-order valence-electron chi connectivity index (χ0n) is 17.9. The highest BCUT2D eigenvalue weighted by Crippen LogP contribution is 2.29. The van der Waals surface area contributed by atoms with Gasteiger partial charge in [0.05, 0.1) is 23.3 Å². The van der Waals surface area contributed by atoms with Gasteiger partial charge in [0.15, 0.2) is 0 Å². The molecule has 0 radical (unpaired) electrons. The molecule has 8 nitrogen and oxygen atoms in total. The third-order valence-electron chi connectivity index (χ3n) is 5.96. The highest BCUT2D eigenvalue weighted by molar-refractivity contribution is 7.89. The molecule has 0 bridgehead atoms. The van der Waals surface area contributed by atoms with Gasteiger partial charge in [0, 0.05) is 19.5 Å². The van der Waals surface area contributed by atoms with Crippen molar-refractivity contribution in [3.05, 3.63) is 54.6 Å². The van der Waals surface area contributed by atoms with E-state index in [1.54, 1.807) is 29.2 Å². The summed E-state index contributed by atoms with van der Waals surface area (Å²) in [5, 5.41) is 13.7. The zero-order valence-corrected chi connectivity index (χ0v) is 18.7. The van der Waals surface area contributed by atoms with Crippen LogP contribution in [0, 0.1) is 0 Å². The summed E-state index contributed by atoms with van der Waals surface area (Å²) in [6.45, 7) is 0.823.